The van der Waals surface area contributed by atoms with Crippen molar-refractivity contribution in [1.29, 1.82) is 0 Å². The number of nitrogens with zero attached hydrogens (tertiary/aromatic N) is 1. The Kier molecular flexibility index (Phi) is 6.71. The molecule has 142 valence electrons. The molecule has 4 nitrogen and oxygen atoms in total. The zero-order valence-electron chi connectivity index (χ0n) is 17.0. The highest BCUT2D eigenvalue weighted by Crippen LogP contribution is 2.39. The molecule has 5 heteroatoms. The molecule has 0 aromatic rings. The fourth-order valence-electron chi connectivity index (χ4n) is 2.94. The fraction of sp³-hybridized carbons (Fsp3) is 0.750. The maximum Gasteiger partial charge on any atom is 0.257 e. The minimum absolute atomic E-state index is 0.0220. The van der Waals surface area contributed by atoms with Crippen molar-refractivity contribution in [3.8, 4) is 0 Å². The van der Waals surface area contributed by atoms with Gasteiger partial charge in [-0.3, -0.25) is 19.3 Å². The van der Waals surface area contributed by atoms with Crippen molar-refractivity contribution in [2.45, 2.75) is 84.1 Å². The number of Topliss-reactive ketones (excluding diaryl/α,β-unsaturated/α-hetero) is 1. The van der Waals surface area contributed by atoms with E-state index in [1.807, 2.05) is 32.5 Å². The molecule has 0 saturated carbocycles. The van der Waals surface area contributed by atoms with E-state index in [2.05, 4.69) is 34.6 Å². The van der Waals surface area contributed by atoms with E-state index in [4.69, 9.17) is 0 Å². The predicted molar refractivity (Wildman–Crippen MR) is 105 cm³/mol. The van der Waals surface area contributed by atoms with Gasteiger partial charge in [0.25, 0.3) is 11.8 Å². The van der Waals surface area contributed by atoms with Crippen LogP contribution in [0.25, 0.3) is 0 Å². The van der Waals surface area contributed by atoms with Crippen molar-refractivity contribution in [3.63, 3.8) is 0 Å². The van der Waals surface area contributed by atoms with Gasteiger partial charge in [0, 0.05) is 40.5 Å². The summed E-state index contributed by atoms with van der Waals surface area (Å²) in [4.78, 5) is 37.8. The molecule has 1 aliphatic heterocycles. The highest BCUT2D eigenvalue weighted by Gasteiger charge is 2.37. The summed E-state index contributed by atoms with van der Waals surface area (Å²) in [6.45, 7) is 16.7. The van der Waals surface area contributed by atoms with E-state index >= 15 is 0 Å². The maximum absolute atomic E-state index is 12.4. The summed E-state index contributed by atoms with van der Waals surface area (Å²) in [6.07, 6.45) is 2.92. The van der Waals surface area contributed by atoms with Crippen LogP contribution < -0.4 is 0 Å². The lowest BCUT2D eigenvalue weighted by molar-refractivity contribution is -0.137. The highest BCUT2D eigenvalue weighted by molar-refractivity contribution is 8.01. The third-order valence-electron chi connectivity index (χ3n) is 4.02. The molecule has 1 heterocycles. The normalized spacial score (nSPS) is 16.5. The van der Waals surface area contributed by atoms with Gasteiger partial charge in [0.1, 0.15) is 5.78 Å². The molecule has 0 bridgehead atoms. The van der Waals surface area contributed by atoms with E-state index < -0.39 is 0 Å². The average molecular weight is 368 g/mol. The Bertz CT molecular complexity index is 577. The summed E-state index contributed by atoms with van der Waals surface area (Å²) in [5, 5.41) is 0. The third kappa shape index (κ3) is 6.96. The van der Waals surface area contributed by atoms with E-state index in [0.29, 0.717) is 12.0 Å². The molecule has 2 amide bonds. The smallest absolute Gasteiger partial charge is 0.257 e. The molecule has 0 aliphatic carbocycles. The van der Waals surface area contributed by atoms with Gasteiger partial charge in [0.2, 0.25) is 0 Å². The second-order valence-corrected chi connectivity index (χ2v) is 11.9. The highest BCUT2D eigenvalue weighted by atomic mass is 32.2. The SMILES string of the molecule is CC(C)(C)SC(C)(C)CCC(=O)CCN1C(=O)C=C(C(C)(C)C)C1=O. The van der Waals surface area contributed by atoms with Crippen LogP contribution in [-0.4, -0.2) is 38.5 Å². The van der Waals surface area contributed by atoms with Crippen molar-refractivity contribution in [2.24, 2.45) is 5.41 Å². The van der Waals surface area contributed by atoms with Crippen LogP contribution in [0.3, 0.4) is 0 Å². The summed E-state index contributed by atoms with van der Waals surface area (Å²) >= 11 is 1.87. The quantitative estimate of drug-likeness (QED) is 0.627. The molecule has 0 atom stereocenters. The average Bonchev–Trinajstić information content (AvgIpc) is 2.67. The van der Waals surface area contributed by atoms with Gasteiger partial charge in [-0.15, -0.1) is 11.8 Å². The molecule has 1 rings (SSSR count). The largest absolute Gasteiger partial charge is 0.300 e. The first kappa shape index (κ1) is 21.9. The molecule has 0 spiro atoms. The summed E-state index contributed by atoms with van der Waals surface area (Å²) in [7, 11) is 0. The lowest BCUT2D eigenvalue weighted by atomic mass is 9.86. The second-order valence-electron chi connectivity index (χ2n) is 9.37. The Morgan fingerprint density at radius 1 is 1.00 bits per heavy atom. The van der Waals surface area contributed by atoms with Gasteiger partial charge in [0.15, 0.2) is 0 Å². The maximum atomic E-state index is 12.4. The monoisotopic (exact) mass is 367 g/mol. The van der Waals surface area contributed by atoms with Crippen molar-refractivity contribution >= 4 is 29.4 Å². The van der Waals surface area contributed by atoms with E-state index in [0.717, 1.165) is 6.42 Å². The minimum atomic E-state index is -0.361. The standard InChI is InChI=1S/C20H33NO3S/c1-18(2,3)15-13-16(23)21(17(15)24)12-10-14(22)9-11-20(7,8)25-19(4,5)6/h13H,9-12H2,1-8H3. The van der Waals surface area contributed by atoms with Gasteiger partial charge in [-0.25, -0.2) is 0 Å². The molecule has 0 radical (unpaired) electrons. The summed E-state index contributed by atoms with van der Waals surface area (Å²) in [5.41, 5.74) is 0.160. The van der Waals surface area contributed by atoms with Crippen LogP contribution in [-0.2, 0) is 14.4 Å². The number of carbonyl (C=O) groups is 3. The van der Waals surface area contributed by atoms with Gasteiger partial charge in [-0.2, -0.15) is 0 Å². The first-order valence-corrected chi connectivity index (χ1v) is 9.74. The Balaban J connectivity index is 2.51. The molecule has 25 heavy (non-hydrogen) atoms. The molecule has 0 N–H and O–H groups in total. The van der Waals surface area contributed by atoms with Crippen molar-refractivity contribution < 1.29 is 14.4 Å². The topological polar surface area (TPSA) is 54.5 Å². The minimum Gasteiger partial charge on any atom is -0.300 e. The van der Waals surface area contributed by atoms with Crippen LogP contribution in [0.4, 0.5) is 0 Å². The predicted octanol–water partition coefficient (Wildman–Crippen LogP) is 4.38. The molecular formula is C20H33NO3S. The second kappa shape index (κ2) is 7.65. The summed E-state index contributed by atoms with van der Waals surface area (Å²) < 4.78 is 0.171. The number of carbonyl (C=O) groups excluding carboxylic acids is 3. The van der Waals surface area contributed by atoms with Crippen LogP contribution in [0.2, 0.25) is 0 Å². The van der Waals surface area contributed by atoms with Crippen LogP contribution in [0, 0.1) is 5.41 Å². The van der Waals surface area contributed by atoms with Gasteiger partial charge < -0.3 is 0 Å². The Hall–Kier alpha value is -1.10. The van der Waals surface area contributed by atoms with Crippen LogP contribution >= 0.6 is 11.8 Å². The van der Waals surface area contributed by atoms with E-state index in [1.54, 1.807) is 0 Å². The molecule has 0 aromatic heterocycles. The van der Waals surface area contributed by atoms with Gasteiger partial charge in [-0.1, -0.05) is 55.4 Å². The number of thioether (sulfide) groups is 1. The lowest BCUT2D eigenvalue weighted by Crippen LogP contribution is -2.35. The van der Waals surface area contributed by atoms with Crippen LogP contribution in [0.15, 0.2) is 11.6 Å². The number of rotatable bonds is 7. The van der Waals surface area contributed by atoms with E-state index in [9.17, 15) is 14.4 Å². The van der Waals surface area contributed by atoms with Crippen molar-refractivity contribution in [1.82, 2.24) is 4.90 Å². The third-order valence-corrected chi connectivity index (χ3v) is 5.39. The molecule has 1 aliphatic rings. The Labute approximate surface area is 156 Å². The Morgan fingerprint density at radius 3 is 2.00 bits per heavy atom. The number of hydrogen-bond donors (Lipinski definition) is 0. The van der Waals surface area contributed by atoms with Gasteiger partial charge in [0.05, 0.1) is 0 Å². The summed E-state index contributed by atoms with van der Waals surface area (Å²) in [6, 6.07) is 0. The van der Waals surface area contributed by atoms with Crippen molar-refractivity contribution in [3.05, 3.63) is 11.6 Å². The number of imide groups is 1. The first-order valence-electron chi connectivity index (χ1n) is 8.92. The molecular weight excluding hydrogens is 334 g/mol. The Morgan fingerprint density at radius 2 is 1.56 bits per heavy atom. The molecule has 0 saturated heterocycles. The lowest BCUT2D eigenvalue weighted by Gasteiger charge is -2.32. The zero-order valence-corrected chi connectivity index (χ0v) is 17.8. The van der Waals surface area contributed by atoms with Gasteiger partial charge in [-0.05, 0) is 11.8 Å². The van der Waals surface area contributed by atoms with Crippen LogP contribution in [0.1, 0.15) is 74.7 Å². The van der Waals surface area contributed by atoms with E-state index in [1.165, 1.54) is 11.0 Å². The van der Waals surface area contributed by atoms with Gasteiger partial charge >= 0.3 is 0 Å². The number of amides is 2. The molecule has 0 fully saturated rings. The molecule has 0 unspecified atom stereocenters. The van der Waals surface area contributed by atoms with E-state index in [-0.39, 0.29) is 45.5 Å². The molecule has 0 aromatic carbocycles. The zero-order chi connectivity index (χ0) is 19.6. The summed E-state index contributed by atoms with van der Waals surface area (Å²) in [5.74, 6) is -0.451. The van der Waals surface area contributed by atoms with Crippen molar-refractivity contribution in [2.75, 3.05) is 6.54 Å². The van der Waals surface area contributed by atoms with Crippen LogP contribution in [0.5, 0.6) is 0 Å². The first-order chi connectivity index (χ1) is 11.1. The fourth-order valence-corrected chi connectivity index (χ4v) is 4.80. The number of ketones is 1. The number of hydrogen-bond acceptors (Lipinski definition) is 4.